The molecule has 8 heteroatoms. The maximum Gasteiger partial charge on any atom is 0.325 e. The molecule has 5 rings (SSSR count). The lowest BCUT2D eigenvalue weighted by Crippen LogP contribution is -2.51. The Morgan fingerprint density at radius 1 is 0.914 bits per heavy atom. The Labute approximate surface area is 204 Å². The first kappa shape index (κ1) is 23.5. The fraction of sp³-hybridized carbons (Fsp3) is 0.444. The molecule has 0 atom stereocenters. The number of imide groups is 1. The molecule has 7 nitrogen and oxygen atoms in total. The first-order chi connectivity index (χ1) is 16.9. The summed E-state index contributed by atoms with van der Waals surface area (Å²) in [4.78, 5) is 43.9. The largest absolute Gasteiger partial charge is 0.336 e. The second-order valence-electron chi connectivity index (χ2n) is 9.79. The summed E-state index contributed by atoms with van der Waals surface area (Å²) < 4.78 is 13.1. The van der Waals surface area contributed by atoms with Crippen LogP contribution in [-0.2, 0) is 4.79 Å². The fourth-order valence-corrected chi connectivity index (χ4v) is 5.58. The van der Waals surface area contributed by atoms with E-state index in [1.807, 2.05) is 18.2 Å². The SMILES string of the molecule is O=C(c1ccc(F)cc1)N1CCN(CCN2C(=O)NC3(CCC(c4ccccc4)CC3)C2=O)CC1. The van der Waals surface area contributed by atoms with E-state index in [0.717, 1.165) is 12.8 Å². The van der Waals surface area contributed by atoms with Gasteiger partial charge in [-0.3, -0.25) is 19.4 Å². The van der Waals surface area contributed by atoms with Gasteiger partial charge >= 0.3 is 6.03 Å². The summed E-state index contributed by atoms with van der Waals surface area (Å²) in [7, 11) is 0. The van der Waals surface area contributed by atoms with Gasteiger partial charge < -0.3 is 10.2 Å². The maximum atomic E-state index is 13.3. The first-order valence-electron chi connectivity index (χ1n) is 12.4. The van der Waals surface area contributed by atoms with Crippen LogP contribution in [-0.4, -0.2) is 77.4 Å². The fourth-order valence-electron chi connectivity index (χ4n) is 5.58. The summed E-state index contributed by atoms with van der Waals surface area (Å²) in [5.41, 5.74) is 1.02. The lowest BCUT2D eigenvalue weighted by atomic mass is 9.74. The van der Waals surface area contributed by atoms with Crippen molar-refractivity contribution in [1.82, 2.24) is 20.0 Å². The number of carbonyl (C=O) groups excluding carboxylic acids is 3. The van der Waals surface area contributed by atoms with Gasteiger partial charge in [-0.2, -0.15) is 0 Å². The molecule has 0 aromatic heterocycles. The molecular formula is C27H31FN4O3. The first-order valence-corrected chi connectivity index (χ1v) is 12.4. The van der Waals surface area contributed by atoms with Gasteiger partial charge in [0.25, 0.3) is 11.8 Å². The molecule has 3 aliphatic rings. The van der Waals surface area contributed by atoms with Crippen LogP contribution in [0.2, 0.25) is 0 Å². The number of benzene rings is 2. The van der Waals surface area contributed by atoms with E-state index in [-0.39, 0.29) is 23.7 Å². The Balaban J connectivity index is 1.11. The van der Waals surface area contributed by atoms with E-state index in [1.54, 1.807) is 4.90 Å². The molecule has 2 aromatic rings. The summed E-state index contributed by atoms with van der Waals surface area (Å²) in [6.45, 7) is 3.38. The summed E-state index contributed by atoms with van der Waals surface area (Å²) in [6, 6.07) is 15.7. The van der Waals surface area contributed by atoms with Crippen LogP contribution in [0.5, 0.6) is 0 Å². The van der Waals surface area contributed by atoms with Crippen molar-refractivity contribution in [3.05, 3.63) is 71.5 Å². The molecule has 1 N–H and O–H groups in total. The highest BCUT2D eigenvalue weighted by Crippen LogP contribution is 2.40. The van der Waals surface area contributed by atoms with Gasteiger partial charge in [0, 0.05) is 44.8 Å². The molecule has 1 aliphatic carbocycles. The normalized spacial score (nSPS) is 25.2. The zero-order valence-corrected chi connectivity index (χ0v) is 19.8. The van der Waals surface area contributed by atoms with E-state index in [1.165, 1.54) is 34.7 Å². The molecule has 0 unspecified atom stereocenters. The minimum Gasteiger partial charge on any atom is -0.336 e. The molecule has 0 radical (unpaired) electrons. The quantitative estimate of drug-likeness (QED) is 0.670. The van der Waals surface area contributed by atoms with Crippen molar-refractivity contribution < 1.29 is 18.8 Å². The lowest BCUT2D eigenvalue weighted by Gasteiger charge is -2.36. The molecule has 4 amide bonds. The molecular weight excluding hydrogens is 447 g/mol. The monoisotopic (exact) mass is 478 g/mol. The van der Waals surface area contributed by atoms with Crippen molar-refractivity contribution >= 4 is 17.8 Å². The van der Waals surface area contributed by atoms with E-state index < -0.39 is 5.54 Å². The van der Waals surface area contributed by atoms with Crippen molar-refractivity contribution in [2.45, 2.75) is 37.1 Å². The smallest absolute Gasteiger partial charge is 0.325 e. The number of urea groups is 1. The Morgan fingerprint density at radius 2 is 1.57 bits per heavy atom. The highest BCUT2D eigenvalue weighted by Gasteiger charge is 2.52. The number of nitrogens with one attached hydrogen (secondary N) is 1. The number of hydrogen-bond donors (Lipinski definition) is 1. The topological polar surface area (TPSA) is 73.0 Å². The number of piperazine rings is 1. The van der Waals surface area contributed by atoms with Crippen LogP contribution in [0.1, 0.15) is 47.5 Å². The van der Waals surface area contributed by atoms with Crippen molar-refractivity contribution in [3.8, 4) is 0 Å². The van der Waals surface area contributed by atoms with Gasteiger partial charge in [0.2, 0.25) is 0 Å². The number of amides is 4. The predicted octanol–water partition coefficient (Wildman–Crippen LogP) is 3.23. The predicted molar refractivity (Wildman–Crippen MR) is 129 cm³/mol. The summed E-state index contributed by atoms with van der Waals surface area (Å²) in [5, 5.41) is 3.01. The zero-order chi connectivity index (χ0) is 24.4. The lowest BCUT2D eigenvalue weighted by molar-refractivity contribution is -0.132. The van der Waals surface area contributed by atoms with Crippen LogP contribution < -0.4 is 5.32 Å². The third kappa shape index (κ3) is 4.80. The highest BCUT2D eigenvalue weighted by molar-refractivity contribution is 6.07. The average Bonchev–Trinajstić information content (AvgIpc) is 3.12. The third-order valence-corrected chi connectivity index (χ3v) is 7.75. The number of rotatable bonds is 5. The summed E-state index contributed by atoms with van der Waals surface area (Å²) >= 11 is 0. The van der Waals surface area contributed by atoms with Crippen molar-refractivity contribution in [3.63, 3.8) is 0 Å². The molecule has 1 spiro atoms. The zero-order valence-electron chi connectivity index (χ0n) is 19.8. The van der Waals surface area contributed by atoms with E-state index in [4.69, 9.17) is 0 Å². The summed E-state index contributed by atoms with van der Waals surface area (Å²) in [6.07, 6.45) is 3.09. The van der Waals surface area contributed by atoms with E-state index in [2.05, 4.69) is 22.3 Å². The number of halogens is 1. The van der Waals surface area contributed by atoms with Gasteiger partial charge in [0.1, 0.15) is 11.4 Å². The van der Waals surface area contributed by atoms with Crippen LogP contribution in [0.25, 0.3) is 0 Å². The van der Waals surface area contributed by atoms with Gasteiger partial charge in [0.05, 0.1) is 0 Å². The molecule has 184 valence electrons. The van der Waals surface area contributed by atoms with E-state index in [0.29, 0.717) is 63.6 Å². The number of carbonyl (C=O) groups is 3. The Bertz CT molecular complexity index is 1080. The van der Waals surface area contributed by atoms with Gasteiger partial charge in [-0.15, -0.1) is 0 Å². The average molecular weight is 479 g/mol. The van der Waals surface area contributed by atoms with Crippen molar-refractivity contribution in [2.24, 2.45) is 0 Å². The van der Waals surface area contributed by atoms with Crippen LogP contribution in [0.4, 0.5) is 9.18 Å². The Hall–Kier alpha value is -3.26. The van der Waals surface area contributed by atoms with Crippen LogP contribution in [0, 0.1) is 5.82 Å². The minimum absolute atomic E-state index is 0.0980. The Morgan fingerprint density at radius 3 is 2.23 bits per heavy atom. The van der Waals surface area contributed by atoms with E-state index >= 15 is 0 Å². The van der Waals surface area contributed by atoms with Crippen LogP contribution >= 0.6 is 0 Å². The van der Waals surface area contributed by atoms with Gasteiger partial charge in [0.15, 0.2) is 0 Å². The summed E-state index contributed by atoms with van der Waals surface area (Å²) in [5.74, 6) is -0.140. The van der Waals surface area contributed by atoms with Gasteiger partial charge in [-0.05, 0) is 61.4 Å². The van der Waals surface area contributed by atoms with Crippen LogP contribution in [0.3, 0.4) is 0 Å². The molecule has 2 heterocycles. The van der Waals surface area contributed by atoms with Crippen molar-refractivity contribution in [1.29, 1.82) is 0 Å². The highest BCUT2D eigenvalue weighted by atomic mass is 19.1. The maximum absolute atomic E-state index is 13.3. The molecule has 1 saturated carbocycles. The second-order valence-corrected chi connectivity index (χ2v) is 9.79. The molecule has 2 aliphatic heterocycles. The van der Waals surface area contributed by atoms with Gasteiger partial charge in [-0.1, -0.05) is 30.3 Å². The molecule has 35 heavy (non-hydrogen) atoms. The molecule has 3 fully saturated rings. The van der Waals surface area contributed by atoms with Gasteiger partial charge in [-0.25, -0.2) is 9.18 Å². The molecule has 2 saturated heterocycles. The second kappa shape index (κ2) is 9.77. The van der Waals surface area contributed by atoms with E-state index in [9.17, 15) is 18.8 Å². The number of nitrogens with zero attached hydrogens (tertiary/aromatic N) is 3. The van der Waals surface area contributed by atoms with Crippen LogP contribution in [0.15, 0.2) is 54.6 Å². The third-order valence-electron chi connectivity index (χ3n) is 7.75. The number of hydrogen-bond acceptors (Lipinski definition) is 4. The molecule has 2 aromatic carbocycles. The minimum atomic E-state index is -0.761. The van der Waals surface area contributed by atoms with Crippen molar-refractivity contribution in [2.75, 3.05) is 39.3 Å². The molecule has 0 bridgehead atoms. The standard InChI is InChI=1S/C27H31FN4O3/c28-23-8-6-22(7-9-23)24(33)31-17-14-30(15-18-31)16-19-32-25(34)27(29-26(32)35)12-10-21(11-13-27)20-4-2-1-3-5-20/h1-9,21H,10-19H2,(H,29,35). The Kier molecular flexibility index (Phi) is 6.56.